The van der Waals surface area contributed by atoms with E-state index in [0.29, 0.717) is 6.04 Å². The molecule has 0 radical (unpaired) electrons. The first-order valence-electron chi connectivity index (χ1n) is 8.14. The molecule has 0 aliphatic carbocycles. The van der Waals surface area contributed by atoms with Crippen LogP contribution in [0.15, 0.2) is 0 Å². The number of hydrogen-bond donors (Lipinski definition) is 0. The second kappa shape index (κ2) is 6.85. The molecule has 0 saturated carbocycles. The van der Waals surface area contributed by atoms with Crippen molar-refractivity contribution in [1.82, 2.24) is 24.6 Å². The van der Waals surface area contributed by atoms with Crippen molar-refractivity contribution in [2.75, 3.05) is 39.9 Å². The van der Waals surface area contributed by atoms with Gasteiger partial charge in [0.1, 0.15) is 11.6 Å². The van der Waals surface area contributed by atoms with Gasteiger partial charge in [-0.05, 0) is 19.8 Å². The van der Waals surface area contributed by atoms with Gasteiger partial charge < -0.3 is 9.30 Å². The minimum absolute atomic E-state index is 0.581. The fraction of sp³-hybridized carbons (Fsp3) is 0.867. The van der Waals surface area contributed by atoms with Gasteiger partial charge in [-0.2, -0.15) is 0 Å². The number of aromatic nitrogens is 3. The summed E-state index contributed by atoms with van der Waals surface area (Å²) in [6.45, 7) is 9.53. The van der Waals surface area contributed by atoms with Crippen molar-refractivity contribution in [2.24, 2.45) is 0 Å². The molecular formula is C15H27N5O. The van der Waals surface area contributed by atoms with E-state index in [-0.39, 0.29) is 0 Å². The van der Waals surface area contributed by atoms with E-state index in [1.54, 1.807) is 7.11 Å². The number of piperazine rings is 1. The van der Waals surface area contributed by atoms with Crippen LogP contribution < -0.4 is 0 Å². The Morgan fingerprint density at radius 3 is 2.90 bits per heavy atom. The number of nitrogens with zero attached hydrogens (tertiary/aromatic N) is 5. The third-order valence-electron chi connectivity index (χ3n) is 4.73. The lowest BCUT2D eigenvalue weighted by atomic mass is 10.1. The van der Waals surface area contributed by atoms with Crippen molar-refractivity contribution >= 4 is 0 Å². The monoisotopic (exact) mass is 293 g/mol. The normalized spacial score (nSPS) is 24.2. The first-order valence-corrected chi connectivity index (χ1v) is 8.14. The van der Waals surface area contributed by atoms with Gasteiger partial charge in [0.2, 0.25) is 0 Å². The zero-order valence-electron chi connectivity index (χ0n) is 13.3. The predicted octanol–water partition coefficient (Wildman–Crippen LogP) is 0.767. The fourth-order valence-corrected chi connectivity index (χ4v) is 3.44. The van der Waals surface area contributed by atoms with Gasteiger partial charge in [-0.15, -0.1) is 10.2 Å². The van der Waals surface area contributed by atoms with Crippen LogP contribution in [0.4, 0.5) is 0 Å². The van der Waals surface area contributed by atoms with Crippen LogP contribution in [0.5, 0.6) is 0 Å². The standard InChI is InChI=1S/C15H27N5O/c1-13-11-18(7-8-19(13)9-10-21-2)12-15-17-16-14-5-3-4-6-20(14)15/h13H,3-12H2,1-2H3. The molecule has 6 nitrogen and oxygen atoms in total. The second-order valence-corrected chi connectivity index (χ2v) is 6.25. The van der Waals surface area contributed by atoms with Crippen LogP contribution in [0, 0.1) is 0 Å². The maximum Gasteiger partial charge on any atom is 0.147 e. The van der Waals surface area contributed by atoms with Gasteiger partial charge >= 0.3 is 0 Å². The first kappa shape index (κ1) is 14.9. The van der Waals surface area contributed by atoms with Crippen molar-refractivity contribution in [1.29, 1.82) is 0 Å². The quantitative estimate of drug-likeness (QED) is 0.802. The van der Waals surface area contributed by atoms with Crippen molar-refractivity contribution in [2.45, 2.75) is 45.3 Å². The summed E-state index contributed by atoms with van der Waals surface area (Å²) in [4.78, 5) is 5.03. The van der Waals surface area contributed by atoms with Gasteiger partial charge in [-0.25, -0.2) is 0 Å². The molecule has 0 N–H and O–H groups in total. The highest BCUT2D eigenvalue weighted by atomic mass is 16.5. The number of rotatable bonds is 5. The minimum Gasteiger partial charge on any atom is -0.383 e. The summed E-state index contributed by atoms with van der Waals surface area (Å²) in [5, 5.41) is 8.78. The smallest absolute Gasteiger partial charge is 0.147 e. The van der Waals surface area contributed by atoms with Crippen molar-refractivity contribution < 1.29 is 4.74 Å². The molecule has 3 rings (SSSR count). The van der Waals surface area contributed by atoms with Crippen LogP contribution in [0.25, 0.3) is 0 Å². The molecule has 118 valence electrons. The zero-order valence-corrected chi connectivity index (χ0v) is 13.3. The van der Waals surface area contributed by atoms with E-state index >= 15 is 0 Å². The molecule has 3 heterocycles. The molecule has 0 aromatic carbocycles. The molecule has 2 aliphatic heterocycles. The van der Waals surface area contributed by atoms with Crippen LogP contribution in [-0.2, 0) is 24.2 Å². The van der Waals surface area contributed by atoms with Crippen molar-refractivity contribution in [3.8, 4) is 0 Å². The zero-order chi connectivity index (χ0) is 14.7. The lowest BCUT2D eigenvalue weighted by Gasteiger charge is -2.39. The average Bonchev–Trinajstić information content (AvgIpc) is 2.90. The molecule has 1 atom stereocenters. The van der Waals surface area contributed by atoms with E-state index in [4.69, 9.17) is 4.74 Å². The SMILES string of the molecule is COCCN1CCN(Cc2nnc3n2CCCC3)CC1C. The predicted molar refractivity (Wildman–Crippen MR) is 81.1 cm³/mol. The molecular weight excluding hydrogens is 266 g/mol. The molecule has 1 aromatic rings. The number of fused-ring (bicyclic) bond motifs is 1. The molecule has 1 fully saturated rings. The van der Waals surface area contributed by atoms with E-state index in [9.17, 15) is 0 Å². The number of ether oxygens (including phenoxy) is 1. The molecule has 1 unspecified atom stereocenters. The Balaban J connectivity index is 1.56. The molecule has 6 heteroatoms. The summed E-state index contributed by atoms with van der Waals surface area (Å²) in [5.41, 5.74) is 0. The highest BCUT2D eigenvalue weighted by Gasteiger charge is 2.25. The maximum absolute atomic E-state index is 5.19. The highest BCUT2D eigenvalue weighted by molar-refractivity contribution is 4.99. The fourth-order valence-electron chi connectivity index (χ4n) is 3.44. The summed E-state index contributed by atoms with van der Waals surface area (Å²) in [5.74, 6) is 2.34. The maximum atomic E-state index is 5.19. The summed E-state index contributed by atoms with van der Waals surface area (Å²) in [7, 11) is 1.77. The van der Waals surface area contributed by atoms with Crippen LogP contribution in [-0.4, -0.2) is 70.5 Å². The van der Waals surface area contributed by atoms with E-state index in [2.05, 4.69) is 31.5 Å². The van der Waals surface area contributed by atoms with E-state index in [1.807, 2.05) is 0 Å². The van der Waals surface area contributed by atoms with E-state index in [0.717, 1.165) is 58.1 Å². The molecule has 0 bridgehead atoms. The van der Waals surface area contributed by atoms with Gasteiger partial charge in [0.25, 0.3) is 0 Å². The minimum atomic E-state index is 0.581. The molecule has 21 heavy (non-hydrogen) atoms. The van der Waals surface area contributed by atoms with Crippen LogP contribution in [0.3, 0.4) is 0 Å². The van der Waals surface area contributed by atoms with Crippen molar-refractivity contribution in [3.05, 3.63) is 11.6 Å². The Morgan fingerprint density at radius 2 is 2.10 bits per heavy atom. The number of hydrogen-bond acceptors (Lipinski definition) is 5. The largest absolute Gasteiger partial charge is 0.383 e. The summed E-state index contributed by atoms with van der Waals surface area (Å²) >= 11 is 0. The summed E-state index contributed by atoms with van der Waals surface area (Å²) in [6.07, 6.45) is 3.61. The second-order valence-electron chi connectivity index (χ2n) is 6.25. The first-order chi connectivity index (χ1) is 10.3. The Hall–Kier alpha value is -0.980. The Morgan fingerprint density at radius 1 is 1.19 bits per heavy atom. The third kappa shape index (κ3) is 3.44. The summed E-state index contributed by atoms with van der Waals surface area (Å²) < 4.78 is 7.53. The van der Waals surface area contributed by atoms with E-state index in [1.165, 1.54) is 18.7 Å². The Bertz CT molecular complexity index is 461. The lowest BCUT2D eigenvalue weighted by Crippen LogP contribution is -2.52. The molecule has 0 amide bonds. The summed E-state index contributed by atoms with van der Waals surface area (Å²) in [6, 6.07) is 0.581. The molecule has 1 aromatic heterocycles. The van der Waals surface area contributed by atoms with Crippen LogP contribution in [0.1, 0.15) is 31.4 Å². The van der Waals surface area contributed by atoms with Gasteiger partial charge in [0, 0.05) is 52.3 Å². The molecule has 1 saturated heterocycles. The van der Waals surface area contributed by atoms with Gasteiger partial charge in [-0.3, -0.25) is 9.80 Å². The van der Waals surface area contributed by atoms with Crippen LogP contribution in [0.2, 0.25) is 0 Å². The van der Waals surface area contributed by atoms with Gasteiger partial charge in [0.15, 0.2) is 0 Å². The highest BCUT2D eigenvalue weighted by Crippen LogP contribution is 2.17. The van der Waals surface area contributed by atoms with E-state index < -0.39 is 0 Å². The van der Waals surface area contributed by atoms with Gasteiger partial charge in [0.05, 0.1) is 13.2 Å². The number of aryl methyl sites for hydroxylation is 1. The average molecular weight is 293 g/mol. The lowest BCUT2D eigenvalue weighted by molar-refractivity contribution is 0.0540. The molecule has 0 spiro atoms. The van der Waals surface area contributed by atoms with Crippen LogP contribution >= 0.6 is 0 Å². The molecule has 2 aliphatic rings. The Kier molecular flexibility index (Phi) is 4.87. The van der Waals surface area contributed by atoms with Gasteiger partial charge in [-0.1, -0.05) is 0 Å². The Labute approximate surface area is 127 Å². The number of methoxy groups -OCH3 is 1. The topological polar surface area (TPSA) is 46.4 Å². The third-order valence-corrected chi connectivity index (χ3v) is 4.73. The van der Waals surface area contributed by atoms with Crippen molar-refractivity contribution in [3.63, 3.8) is 0 Å².